The number of carbonyl (C=O) groups excluding carboxylic acids is 2. The molecule has 35 heavy (non-hydrogen) atoms. The summed E-state index contributed by atoms with van der Waals surface area (Å²) in [5, 5.41) is 18.0. The number of aryl methyl sites for hydroxylation is 2. The van der Waals surface area contributed by atoms with E-state index in [0.717, 1.165) is 36.8 Å². The van der Waals surface area contributed by atoms with Crippen molar-refractivity contribution < 1.29 is 38.9 Å². The van der Waals surface area contributed by atoms with Crippen LogP contribution in [-0.2, 0) is 15.0 Å². The molecule has 3 rings (SSSR count). The Morgan fingerprint density at radius 1 is 0.857 bits per heavy atom. The molecule has 1 saturated carbocycles. The molecule has 2 aromatic rings. The largest absolute Gasteiger partial charge is 0.481 e. The Kier molecular flexibility index (Phi) is 7.94. The summed E-state index contributed by atoms with van der Waals surface area (Å²) in [5.74, 6) is -1.26. The number of carbonyl (C=O) groups is 4. The van der Waals surface area contributed by atoms with Gasteiger partial charge in [-0.15, -0.1) is 0 Å². The molecule has 0 amide bonds. The maximum Gasteiger partial charge on any atom is 0.341 e. The van der Waals surface area contributed by atoms with Crippen LogP contribution in [0.4, 0.5) is 0 Å². The highest BCUT2D eigenvalue weighted by molar-refractivity contribution is 5.83. The Morgan fingerprint density at radius 3 is 1.60 bits per heavy atom. The average Bonchev–Trinajstić information content (AvgIpc) is 2.81. The van der Waals surface area contributed by atoms with E-state index in [2.05, 4.69) is 6.92 Å². The maximum absolute atomic E-state index is 11.9. The third-order valence-electron chi connectivity index (χ3n) is 6.77. The Morgan fingerprint density at radius 2 is 1.26 bits per heavy atom. The van der Waals surface area contributed by atoms with Gasteiger partial charge in [-0.05, 0) is 79.8 Å². The van der Waals surface area contributed by atoms with Crippen molar-refractivity contribution in [3.63, 3.8) is 0 Å². The van der Waals surface area contributed by atoms with Gasteiger partial charge < -0.3 is 19.7 Å². The third-order valence-corrected chi connectivity index (χ3v) is 6.77. The van der Waals surface area contributed by atoms with E-state index in [1.54, 1.807) is 26.0 Å². The number of hydrogen-bond acceptors (Lipinski definition) is 6. The number of aldehydes is 2. The second kappa shape index (κ2) is 10.7. The molecule has 1 aliphatic carbocycles. The van der Waals surface area contributed by atoms with Crippen LogP contribution in [0.3, 0.4) is 0 Å². The number of aliphatic carboxylic acids is 2. The lowest BCUT2D eigenvalue weighted by atomic mass is 9.62. The summed E-state index contributed by atoms with van der Waals surface area (Å²) < 4.78 is 10.8. The normalized spacial score (nSPS) is 15.3. The Balaban J connectivity index is 2.16. The summed E-state index contributed by atoms with van der Waals surface area (Å²) in [6.07, 6.45) is 4.79. The van der Waals surface area contributed by atoms with Crippen LogP contribution in [0.1, 0.15) is 75.6 Å². The highest BCUT2D eigenvalue weighted by atomic mass is 16.5. The lowest BCUT2D eigenvalue weighted by molar-refractivity contribution is -0.140. The SMILES string of the molecule is Cc1cc(C2(c3cc(C)c(OCC(=O)O)c(C=O)c3)CCC(C)CC2)cc(C=O)c1OCC(=O)O. The van der Waals surface area contributed by atoms with Crippen LogP contribution in [0.2, 0.25) is 0 Å². The van der Waals surface area contributed by atoms with Gasteiger partial charge in [0.1, 0.15) is 11.5 Å². The number of hydrogen-bond donors (Lipinski definition) is 2. The molecule has 0 atom stereocenters. The molecule has 0 spiro atoms. The zero-order valence-corrected chi connectivity index (χ0v) is 20.1. The monoisotopic (exact) mass is 482 g/mol. The standard InChI is InChI=1S/C27H30O8/c1-16-4-6-27(7-5-16,21-8-17(2)25(19(10-21)12-28)34-14-23(30)31)22-9-18(3)26(20(11-22)13-29)35-15-24(32)33/h8-13,16H,4-7,14-15H2,1-3H3,(H,30,31)(H,32,33). The van der Waals surface area contributed by atoms with E-state index >= 15 is 0 Å². The second-order valence-corrected chi connectivity index (χ2v) is 9.29. The summed E-state index contributed by atoms with van der Waals surface area (Å²) >= 11 is 0. The molecule has 0 saturated heterocycles. The van der Waals surface area contributed by atoms with Crippen molar-refractivity contribution in [2.24, 2.45) is 5.92 Å². The molecule has 0 heterocycles. The van der Waals surface area contributed by atoms with Gasteiger partial charge in [0.25, 0.3) is 0 Å². The smallest absolute Gasteiger partial charge is 0.341 e. The zero-order chi connectivity index (χ0) is 25.8. The zero-order valence-electron chi connectivity index (χ0n) is 20.1. The molecule has 0 bridgehead atoms. The number of carboxylic acid groups (broad SMARTS) is 2. The first-order valence-corrected chi connectivity index (χ1v) is 11.5. The van der Waals surface area contributed by atoms with Crippen molar-refractivity contribution >= 4 is 24.5 Å². The van der Waals surface area contributed by atoms with Crippen molar-refractivity contribution in [1.82, 2.24) is 0 Å². The van der Waals surface area contributed by atoms with E-state index in [4.69, 9.17) is 19.7 Å². The van der Waals surface area contributed by atoms with E-state index < -0.39 is 30.6 Å². The first-order chi connectivity index (χ1) is 16.6. The molecule has 0 aromatic heterocycles. The molecule has 1 aliphatic rings. The first-order valence-electron chi connectivity index (χ1n) is 11.5. The minimum Gasteiger partial charge on any atom is -0.481 e. The van der Waals surface area contributed by atoms with Gasteiger partial charge in [-0.25, -0.2) is 9.59 Å². The Labute approximate surface area is 203 Å². The van der Waals surface area contributed by atoms with Gasteiger partial charge in [0, 0.05) is 5.41 Å². The van der Waals surface area contributed by atoms with E-state index in [-0.39, 0.29) is 22.6 Å². The van der Waals surface area contributed by atoms with E-state index in [1.807, 2.05) is 12.1 Å². The fourth-order valence-electron chi connectivity index (χ4n) is 4.99. The summed E-state index contributed by atoms with van der Waals surface area (Å²) in [4.78, 5) is 45.8. The number of ether oxygens (including phenoxy) is 2. The minimum absolute atomic E-state index is 0.243. The highest BCUT2D eigenvalue weighted by Crippen LogP contribution is 2.48. The van der Waals surface area contributed by atoms with Gasteiger partial charge in [-0.3, -0.25) is 9.59 Å². The van der Waals surface area contributed by atoms with Crippen LogP contribution in [0.25, 0.3) is 0 Å². The quantitative estimate of drug-likeness (QED) is 0.479. The van der Waals surface area contributed by atoms with E-state index in [1.165, 1.54) is 0 Å². The summed E-state index contributed by atoms with van der Waals surface area (Å²) in [6.45, 7) is 4.64. The van der Waals surface area contributed by atoms with Crippen molar-refractivity contribution in [2.75, 3.05) is 13.2 Å². The van der Waals surface area contributed by atoms with Crippen LogP contribution >= 0.6 is 0 Å². The van der Waals surface area contributed by atoms with E-state index in [0.29, 0.717) is 29.6 Å². The average molecular weight is 483 g/mol. The molecule has 8 nitrogen and oxygen atoms in total. The molecule has 0 radical (unpaired) electrons. The lowest BCUT2D eigenvalue weighted by Crippen LogP contribution is -2.33. The topological polar surface area (TPSA) is 127 Å². The number of benzene rings is 2. The van der Waals surface area contributed by atoms with Crippen LogP contribution in [-0.4, -0.2) is 47.9 Å². The van der Waals surface area contributed by atoms with Crippen molar-refractivity contribution in [2.45, 2.75) is 51.9 Å². The molecule has 1 fully saturated rings. The molecular weight excluding hydrogens is 452 g/mol. The van der Waals surface area contributed by atoms with Gasteiger partial charge in [0.05, 0.1) is 11.1 Å². The van der Waals surface area contributed by atoms with Gasteiger partial charge >= 0.3 is 11.9 Å². The summed E-state index contributed by atoms with van der Waals surface area (Å²) in [5.41, 5.74) is 3.13. The van der Waals surface area contributed by atoms with Crippen LogP contribution < -0.4 is 9.47 Å². The van der Waals surface area contributed by atoms with Crippen molar-refractivity contribution in [1.29, 1.82) is 0 Å². The minimum atomic E-state index is -1.13. The molecular formula is C27H30O8. The van der Waals surface area contributed by atoms with Gasteiger partial charge in [0.15, 0.2) is 25.8 Å². The predicted molar refractivity (Wildman–Crippen MR) is 128 cm³/mol. The van der Waals surface area contributed by atoms with Crippen LogP contribution in [0.15, 0.2) is 24.3 Å². The lowest BCUT2D eigenvalue weighted by Gasteiger charge is -2.41. The van der Waals surface area contributed by atoms with Gasteiger partial charge in [-0.2, -0.15) is 0 Å². The highest BCUT2D eigenvalue weighted by Gasteiger charge is 2.39. The van der Waals surface area contributed by atoms with Crippen molar-refractivity contribution in [3.8, 4) is 11.5 Å². The van der Waals surface area contributed by atoms with Crippen molar-refractivity contribution in [3.05, 3.63) is 57.6 Å². The summed E-state index contributed by atoms with van der Waals surface area (Å²) in [7, 11) is 0. The number of rotatable bonds is 10. The molecule has 0 unspecified atom stereocenters. The number of carboxylic acids is 2. The predicted octanol–water partition coefficient (Wildman–Crippen LogP) is 4.35. The third kappa shape index (κ3) is 5.53. The van der Waals surface area contributed by atoms with Gasteiger partial charge in [0.2, 0.25) is 0 Å². The molecule has 8 heteroatoms. The molecule has 0 aliphatic heterocycles. The molecule has 2 aromatic carbocycles. The van der Waals surface area contributed by atoms with Gasteiger partial charge in [-0.1, -0.05) is 19.1 Å². The fourth-order valence-corrected chi connectivity index (χ4v) is 4.99. The molecule has 2 N–H and O–H groups in total. The van der Waals surface area contributed by atoms with Crippen LogP contribution in [0.5, 0.6) is 11.5 Å². The Bertz CT molecular complexity index is 1060. The molecule has 186 valence electrons. The first kappa shape index (κ1) is 25.9. The summed E-state index contributed by atoms with van der Waals surface area (Å²) in [6, 6.07) is 7.34. The maximum atomic E-state index is 11.9. The van der Waals surface area contributed by atoms with Crippen LogP contribution in [0, 0.1) is 19.8 Å². The Hall–Kier alpha value is -3.68. The second-order valence-electron chi connectivity index (χ2n) is 9.29. The van der Waals surface area contributed by atoms with E-state index in [9.17, 15) is 19.2 Å². The fraction of sp³-hybridized carbons (Fsp3) is 0.407.